The van der Waals surface area contributed by atoms with Gasteiger partial charge in [-0.3, -0.25) is 0 Å². The molecule has 0 aliphatic heterocycles. The van der Waals surface area contributed by atoms with Gasteiger partial charge in [0.1, 0.15) is 6.33 Å². The summed E-state index contributed by atoms with van der Waals surface area (Å²) in [5, 5.41) is 6.58. The topological polar surface area (TPSA) is 59.1 Å². The molecule has 0 radical (unpaired) electrons. The molecule has 1 rings (SSSR count). The number of ether oxygens (including phenoxy) is 1. The first-order valence-electron chi connectivity index (χ1n) is 7.12. The zero-order valence-electron chi connectivity index (χ0n) is 12.5. The Kier molecular flexibility index (Phi) is 7.00. The number of methoxy groups -OCH3 is 1. The number of hydrogen-bond acceptors (Lipinski definition) is 5. The molecule has 2 N–H and O–H groups in total. The minimum Gasteiger partial charge on any atom is -0.490 e. The molecule has 1 unspecified atom stereocenters. The van der Waals surface area contributed by atoms with Crippen LogP contribution in [0.4, 0.5) is 11.6 Å². The van der Waals surface area contributed by atoms with E-state index < -0.39 is 0 Å². The van der Waals surface area contributed by atoms with Crippen LogP contribution in [0, 0.1) is 0 Å². The van der Waals surface area contributed by atoms with Gasteiger partial charge in [0.25, 0.3) is 0 Å². The van der Waals surface area contributed by atoms with Crippen LogP contribution in [0.5, 0.6) is 5.75 Å². The smallest absolute Gasteiger partial charge is 0.204 e. The Bertz CT molecular complexity index is 370. The zero-order chi connectivity index (χ0) is 14.1. The lowest BCUT2D eigenvalue weighted by atomic mass is 10.1. The highest BCUT2D eigenvalue weighted by Gasteiger charge is 2.13. The average molecular weight is 266 g/mol. The van der Waals surface area contributed by atoms with Gasteiger partial charge in [0.15, 0.2) is 11.6 Å². The summed E-state index contributed by atoms with van der Waals surface area (Å²) < 4.78 is 5.41. The summed E-state index contributed by atoms with van der Waals surface area (Å²) in [6.07, 6.45) is 6.45. The second-order valence-corrected chi connectivity index (χ2v) is 4.68. The van der Waals surface area contributed by atoms with E-state index in [9.17, 15) is 0 Å². The third-order valence-corrected chi connectivity index (χ3v) is 2.98. The van der Waals surface area contributed by atoms with Gasteiger partial charge in [-0.05, 0) is 20.3 Å². The van der Waals surface area contributed by atoms with Gasteiger partial charge in [0.2, 0.25) is 5.75 Å². The van der Waals surface area contributed by atoms with E-state index in [1.54, 1.807) is 13.4 Å². The number of anilines is 2. The molecule has 0 aliphatic carbocycles. The Morgan fingerprint density at radius 2 is 1.95 bits per heavy atom. The van der Waals surface area contributed by atoms with Crippen LogP contribution in [0.2, 0.25) is 0 Å². The molecule has 0 saturated heterocycles. The highest BCUT2D eigenvalue weighted by Crippen LogP contribution is 2.29. The lowest BCUT2D eigenvalue weighted by Crippen LogP contribution is -2.17. The molecule has 0 bridgehead atoms. The Hall–Kier alpha value is -1.52. The lowest BCUT2D eigenvalue weighted by molar-refractivity contribution is 0.414. The largest absolute Gasteiger partial charge is 0.490 e. The molecule has 5 heteroatoms. The van der Waals surface area contributed by atoms with Crippen LogP contribution in [-0.4, -0.2) is 29.7 Å². The molecule has 0 fully saturated rings. The summed E-state index contributed by atoms with van der Waals surface area (Å²) in [6, 6.07) is 0.379. The van der Waals surface area contributed by atoms with Crippen molar-refractivity contribution >= 4 is 11.6 Å². The Labute approximate surface area is 116 Å². The van der Waals surface area contributed by atoms with Crippen molar-refractivity contribution in [3.63, 3.8) is 0 Å². The second-order valence-electron chi connectivity index (χ2n) is 4.68. The predicted octanol–water partition coefficient (Wildman–Crippen LogP) is 3.30. The summed E-state index contributed by atoms with van der Waals surface area (Å²) in [7, 11) is 1.65. The molecule has 0 amide bonds. The second kappa shape index (κ2) is 8.56. The van der Waals surface area contributed by atoms with Gasteiger partial charge in [-0.25, -0.2) is 9.97 Å². The standard InChI is InChI=1S/C14H26N4O/c1-5-7-8-9-11(3)18-14-12(19-4)13(15-6-2)16-10-17-14/h10-11H,5-9H2,1-4H3,(H2,15,16,17,18). The van der Waals surface area contributed by atoms with Gasteiger partial charge >= 0.3 is 0 Å². The first-order chi connectivity index (χ1) is 9.22. The van der Waals surface area contributed by atoms with E-state index in [4.69, 9.17) is 4.74 Å². The van der Waals surface area contributed by atoms with E-state index in [2.05, 4.69) is 34.4 Å². The zero-order valence-corrected chi connectivity index (χ0v) is 12.5. The molecule has 5 nitrogen and oxygen atoms in total. The summed E-state index contributed by atoms with van der Waals surface area (Å²) >= 11 is 0. The van der Waals surface area contributed by atoms with Crippen molar-refractivity contribution in [2.75, 3.05) is 24.3 Å². The van der Waals surface area contributed by atoms with Crippen LogP contribution >= 0.6 is 0 Å². The summed E-state index contributed by atoms with van der Waals surface area (Å²) in [5.74, 6) is 2.19. The maximum absolute atomic E-state index is 5.41. The fourth-order valence-corrected chi connectivity index (χ4v) is 1.97. The van der Waals surface area contributed by atoms with Gasteiger partial charge in [-0.2, -0.15) is 0 Å². The monoisotopic (exact) mass is 266 g/mol. The van der Waals surface area contributed by atoms with Crippen LogP contribution < -0.4 is 15.4 Å². The van der Waals surface area contributed by atoms with Crippen molar-refractivity contribution < 1.29 is 4.74 Å². The van der Waals surface area contributed by atoms with Gasteiger partial charge < -0.3 is 15.4 Å². The molecule has 1 aromatic heterocycles. The number of hydrogen-bond donors (Lipinski definition) is 2. The maximum Gasteiger partial charge on any atom is 0.204 e. The van der Waals surface area contributed by atoms with Crippen molar-refractivity contribution in [2.24, 2.45) is 0 Å². The molecule has 1 aromatic rings. The van der Waals surface area contributed by atoms with E-state index in [0.717, 1.165) is 24.6 Å². The van der Waals surface area contributed by atoms with Crippen molar-refractivity contribution in [3.8, 4) is 5.75 Å². The molecule has 1 heterocycles. The highest BCUT2D eigenvalue weighted by atomic mass is 16.5. The average Bonchev–Trinajstić information content (AvgIpc) is 2.40. The van der Waals surface area contributed by atoms with Crippen LogP contribution in [0.1, 0.15) is 46.5 Å². The quantitative estimate of drug-likeness (QED) is 0.672. The van der Waals surface area contributed by atoms with Crippen molar-refractivity contribution in [1.29, 1.82) is 0 Å². The van der Waals surface area contributed by atoms with Crippen LogP contribution in [-0.2, 0) is 0 Å². The van der Waals surface area contributed by atoms with Gasteiger partial charge in [-0.1, -0.05) is 26.2 Å². The fourth-order valence-electron chi connectivity index (χ4n) is 1.97. The molecular formula is C14H26N4O. The minimum atomic E-state index is 0.379. The predicted molar refractivity (Wildman–Crippen MR) is 80.0 cm³/mol. The van der Waals surface area contributed by atoms with Gasteiger partial charge in [0, 0.05) is 12.6 Å². The summed E-state index contributed by atoms with van der Waals surface area (Å²) in [6.45, 7) is 7.22. The summed E-state index contributed by atoms with van der Waals surface area (Å²) in [4.78, 5) is 8.47. The Morgan fingerprint density at radius 1 is 1.21 bits per heavy atom. The van der Waals surface area contributed by atoms with Crippen LogP contribution in [0.3, 0.4) is 0 Å². The van der Waals surface area contributed by atoms with E-state index in [0.29, 0.717) is 11.8 Å². The third kappa shape index (κ3) is 4.93. The normalized spacial score (nSPS) is 12.0. The number of nitrogens with one attached hydrogen (secondary N) is 2. The summed E-state index contributed by atoms with van der Waals surface area (Å²) in [5.41, 5.74) is 0. The number of nitrogens with zero attached hydrogens (tertiary/aromatic N) is 2. The number of aromatic nitrogens is 2. The molecule has 0 saturated carbocycles. The fraction of sp³-hybridized carbons (Fsp3) is 0.714. The van der Waals surface area contributed by atoms with Crippen LogP contribution in [0.25, 0.3) is 0 Å². The van der Waals surface area contributed by atoms with E-state index >= 15 is 0 Å². The molecule has 0 aliphatic rings. The minimum absolute atomic E-state index is 0.379. The third-order valence-electron chi connectivity index (χ3n) is 2.98. The highest BCUT2D eigenvalue weighted by molar-refractivity contribution is 5.63. The molecule has 1 atom stereocenters. The van der Waals surface area contributed by atoms with Crippen molar-refractivity contribution in [1.82, 2.24) is 9.97 Å². The van der Waals surface area contributed by atoms with E-state index in [1.807, 2.05) is 6.92 Å². The first-order valence-corrected chi connectivity index (χ1v) is 7.12. The number of rotatable bonds is 9. The SMILES string of the molecule is CCCCCC(C)Nc1ncnc(NCC)c1OC. The van der Waals surface area contributed by atoms with Gasteiger partial charge in [0.05, 0.1) is 7.11 Å². The van der Waals surface area contributed by atoms with Gasteiger partial charge in [-0.15, -0.1) is 0 Å². The molecule has 0 aromatic carbocycles. The molecule has 19 heavy (non-hydrogen) atoms. The Balaban J connectivity index is 2.68. The number of unbranched alkanes of at least 4 members (excludes halogenated alkanes) is 2. The molecule has 0 spiro atoms. The maximum atomic E-state index is 5.41. The van der Waals surface area contributed by atoms with E-state index in [1.165, 1.54) is 19.3 Å². The Morgan fingerprint density at radius 3 is 2.58 bits per heavy atom. The first kappa shape index (κ1) is 15.5. The molecular weight excluding hydrogens is 240 g/mol. The lowest BCUT2D eigenvalue weighted by Gasteiger charge is -2.18. The molecule has 108 valence electrons. The van der Waals surface area contributed by atoms with Crippen molar-refractivity contribution in [3.05, 3.63) is 6.33 Å². The van der Waals surface area contributed by atoms with Crippen LogP contribution in [0.15, 0.2) is 6.33 Å². The van der Waals surface area contributed by atoms with Crippen molar-refractivity contribution in [2.45, 2.75) is 52.5 Å². The van der Waals surface area contributed by atoms with E-state index in [-0.39, 0.29) is 0 Å².